The normalized spacial score (nSPS) is 25.4. The van der Waals surface area contributed by atoms with Gasteiger partial charge in [0.1, 0.15) is 12.6 Å². The van der Waals surface area contributed by atoms with Crippen LogP contribution < -0.4 is 5.32 Å². The van der Waals surface area contributed by atoms with Gasteiger partial charge in [-0.1, -0.05) is 71.1 Å². The van der Waals surface area contributed by atoms with Gasteiger partial charge in [-0.05, 0) is 69.2 Å². The largest absolute Gasteiger partial charge is 0.303 e. The SMILES string of the molecule is C=C(CC(F)=CC(C)C=C(C)C1=NCC(N(C)C)C1NCF)CC(C)CC(C)C1CCCCC1. The second kappa shape index (κ2) is 14.3. The van der Waals surface area contributed by atoms with Crippen LogP contribution in [-0.2, 0) is 0 Å². The minimum absolute atomic E-state index is 0.0660. The zero-order valence-electron chi connectivity index (χ0n) is 22.5. The fraction of sp³-hybridized carbons (Fsp3) is 0.759. The van der Waals surface area contributed by atoms with Gasteiger partial charge in [0.15, 0.2) is 0 Å². The number of nitrogens with zero attached hydrogens (tertiary/aromatic N) is 2. The van der Waals surface area contributed by atoms with Crippen LogP contribution in [0, 0.1) is 23.7 Å². The van der Waals surface area contributed by atoms with Crippen molar-refractivity contribution in [2.75, 3.05) is 27.4 Å². The minimum atomic E-state index is -0.592. The molecule has 0 spiro atoms. The number of nitrogens with one attached hydrogen (secondary N) is 1. The van der Waals surface area contributed by atoms with E-state index in [1.165, 1.54) is 38.5 Å². The third kappa shape index (κ3) is 9.03. The summed E-state index contributed by atoms with van der Waals surface area (Å²) in [6.45, 7) is 12.9. The molecule has 0 saturated heterocycles. The molecule has 0 aromatic heterocycles. The summed E-state index contributed by atoms with van der Waals surface area (Å²) in [7, 11) is 3.97. The predicted octanol–water partition coefficient (Wildman–Crippen LogP) is 7.27. The van der Waals surface area contributed by atoms with Crippen molar-refractivity contribution in [3.8, 4) is 0 Å². The van der Waals surface area contributed by atoms with Gasteiger partial charge < -0.3 is 4.90 Å². The van der Waals surface area contributed by atoms with Crippen molar-refractivity contribution < 1.29 is 8.78 Å². The first-order chi connectivity index (χ1) is 16.1. The molecule has 0 aromatic rings. The van der Waals surface area contributed by atoms with Crippen LogP contribution in [0.1, 0.15) is 79.1 Å². The highest BCUT2D eigenvalue weighted by molar-refractivity contribution is 6.05. The predicted molar refractivity (Wildman–Crippen MR) is 143 cm³/mol. The zero-order valence-corrected chi connectivity index (χ0v) is 22.5. The molecule has 1 fully saturated rings. The average Bonchev–Trinajstić information content (AvgIpc) is 3.18. The molecule has 0 aromatic carbocycles. The number of hydrogen-bond acceptors (Lipinski definition) is 3. The maximum Gasteiger partial charge on any atom is 0.141 e. The van der Waals surface area contributed by atoms with Crippen molar-refractivity contribution >= 4 is 5.71 Å². The monoisotopic (exact) mass is 477 g/mol. The molecule has 2 rings (SSSR count). The summed E-state index contributed by atoms with van der Waals surface area (Å²) >= 11 is 0. The Morgan fingerprint density at radius 1 is 1.18 bits per heavy atom. The van der Waals surface area contributed by atoms with Crippen molar-refractivity contribution in [2.24, 2.45) is 28.7 Å². The van der Waals surface area contributed by atoms with Gasteiger partial charge >= 0.3 is 0 Å². The van der Waals surface area contributed by atoms with E-state index in [1.54, 1.807) is 6.08 Å². The summed E-state index contributed by atoms with van der Waals surface area (Å²) in [5.74, 6) is 1.98. The number of rotatable bonds is 13. The Kier molecular flexibility index (Phi) is 12.1. The number of likely N-dealkylation sites (N-methyl/N-ethyl adjacent to an activating group) is 1. The fourth-order valence-corrected chi connectivity index (χ4v) is 6.01. The van der Waals surface area contributed by atoms with Crippen molar-refractivity contribution in [1.29, 1.82) is 0 Å². The molecule has 1 aliphatic heterocycles. The van der Waals surface area contributed by atoms with Crippen molar-refractivity contribution in [3.05, 3.63) is 35.7 Å². The lowest BCUT2D eigenvalue weighted by Crippen LogP contribution is -2.49. The topological polar surface area (TPSA) is 27.6 Å². The molecule has 1 saturated carbocycles. The molecule has 1 aliphatic carbocycles. The molecule has 3 nitrogen and oxygen atoms in total. The summed E-state index contributed by atoms with van der Waals surface area (Å²) in [4.78, 5) is 6.73. The van der Waals surface area contributed by atoms with E-state index >= 15 is 0 Å². The van der Waals surface area contributed by atoms with Gasteiger partial charge in [0.25, 0.3) is 0 Å². The Balaban J connectivity index is 1.86. The van der Waals surface area contributed by atoms with Gasteiger partial charge in [-0.3, -0.25) is 10.3 Å². The first-order valence-electron chi connectivity index (χ1n) is 13.3. The van der Waals surface area contributed by atoms with Gasteiger partial charge in [0, 0.05) is 12.5 Å². The van der Waals surface area contributed by atoms with Crippen LogP contribution in [0.3, 0.4) is 0 Å². The van der Waals surface area contributed by atoms with Crippen molar-refractivity contribution in [1.82, 2.24) is 10.2 Å². The van der Waals surface area contributed by atoms with E-state index in [2.05, 4.69) is 35.6 Å². The Morgan fingerprint density at radius 3 is 2.47 bits per heavy atom. The minimum Gasteiger partial charge on any atom is -0.303 e. The Hall–Kier alpha value is -1.33. The standard InChI is InChI=1S/C29H49F2N3/c1-20(14-23(4)25-11-9-8-10-12-25)13-21(2)16-26(31)17-22(3)15-24(5)28-29(33-19-30)27(18-32-28)34(6)7/h15,17,20,22-23,25,27,29,33H,2,8-14,16,18-19H2,1,3-7H3. The maximum absolute atomic E-state index is 14.8. The number of hydrogen-bond donors (Lipinski definition) is 1. The fourth-order valence-electron chi connectivity index (χ4n) is 6.01. The maximum atomic E-state index is 14.8. The van der Waals surface area contributed by atoms with Crippen LogP contribution in [-0.4, -0.2) is 50.1 Å². The summed E-state index contributed by atoms with van der Waals surface area (Å²) in [5, 5.41) is 2.92. The van der Waals surface area contributed by atoms with Crippen LogP contribution in [0.25, 0.3) is 0 Å². The van der Waals surface area contributed by atoms with E-state index in [-0.39, 0.29) is 23.8 Å². The molecule has 0 amide bonds. The molecule has 5 heteroatoms. The molecule has 2 aliphatic rings. The van der Waals surface area contributed by atoms with Crippen LogP contribution in [0.2, 0.25) is 0 Å². The van der Waals surface area contributed by atoms with Gasteiger partial charge in [-0.25, -0.2) is 8.78 Å². The van der Waals surface area contributed by atoms with Gasteiger partial charge in [0.2, 0.25) is 0 Å². The smallest absolute Gasteiger partial charge is 0.141 e. The molecule has 1 heterocycles. The Morgan fingerprint density at radius 2 is 1.85 bits per heavy atom. The molecule has 1 N–H and O–H groups in total. The first-order valence-corrected chi connectivity index (χ1v) is 13.3. The number of alkyl halides is 1. The van der Waals surface area contributed by atoms with E-state index < -0.39 is 6.80 Å². The van der Waals surface area contributed by atoms with Gasteiger partial charge in [-0.2, -0.15) is 0 Å². The molecular formula is C29H49F2N3. The van der Waals surface area contributed by atoms with Gasteiger partial charge in [-0.15, -0.1) is 0 Å². The van der Waals surface area contributed by atoms with Crippen LogP contribution in [0.15, 0.2) is 40.7 Å². The summed E-state index contributed by atoms with van der Waals surface area (Å²) in [6.07, 6.45) is 13.0. The third-order valence-corrected chi connectivity index (χ3v) is 7.73. The highest BCUT2D eigenvalue weighted by Crippen LogP contribution is 2.34. The van der Waals surface area contributed by atoms with Crippen LogP contribution in [0.4, 0.5) is 8.78 Å². The highest BCUT2D eigenvalue weighted by atomic mass is 19.1. The van der Waals surface area contributed by atoms with Crippen LogP contribution >= 0.6 is 0 Å². The summed E-state index contributed by atoms with van der Waals surface area (Å²) in [5.41, 5.74) is 2.84. The third-order valence-electron chi connectivity index (χ3n) is 7.73. The van der Waals surface area contributed by atoms with E-state index in [0.717, 1.165) is 35.1 Å². The molecule has 0 bridgehead atoms. The van der Waals surface area contributed by atoms with E-state index in [9.17, 15) is 8.78 Å². The molecule has 34 heavy (non-hydrogen) atoms. The van der Waals surface area contributed by atoms with Gasteiger partial charge in [0.05, 0.1) is 18.3 Å². The highest BCUT2D eigenvalue weighted by Gasteiger charge is 2.33. The average molecular weight is 478 g/mol. The zero-order chi connectivity index (χ0) is 25.3. The molecular weight excluding hydrogens is 428 g/mol. The van der Waals surface area contributed by atoms with Crippen LogP contribution in [0.5, 0.6) is 0 Å². The lowest BCUT2D eigenvalue weighted by atomic mass is 9.76. The van der Waals surface area contributed by atoms with E-state index in [1.807, 2.05) is 34.0 Å². The second-order valence-electron chi connectivity index (χ2n) is 11.2. The first kappa shape index (κ1) is 28.9. The van der Waals surface area contributed by atoms with Crippen molar-refractivity contribution in [2.45, 2.75) is 91.1 Å². The lowest BCUT2D eigenvalue weighted by Gasteiger charge is -2.29. The van der Waals surface area contributed by atoms with Crippen molar-refractivity contribution in [3.63, 3.8) is 0 Å². The molecule has 5 unspecified atom stereocenters. The van der Waals surface area contributed by atoms with E-state index in [0.29, 0.717) is 18.9 Å². The summed E-state index contributed by atoms with van der Waals surface area (Å²) < 4.78 is 27.8. The molecule has 5 atom stereocenters. The number of halogens is 2. The lowest BCUT2D eigenvalue weighted by molar-refractivity contribution is 0.229. The Bertz CT molecular complexity index is 734. The number of allylic oxidation sites excluding steroid dienone is 4. The quantitative estimate of drug-likeness (QED) is 0.223. The second-order valence-corrected chi connectivity index (χ2v) is 11.2. The molecule has 194 valence electrons. The molecule has 0 radical (unpaired) electrons. The van der Waals surface area contributed by atoms with E-state index in [4.69, 9.17) is 0 Å². The summed E-state index contributed by atoms with van der Waals surface area (Å²) in [6, 6.07) is -0.0163. The Labute approximate surface area is 207 Å². The number of aliphatic imine (C=N–C) groups is 1.